The Hall–Kier alpha value is -2.05. The van der Waals surface area contributed by atoms with Gasteiger partial charge in [-0.05, 0) is 11.6 Å². The lowest BCUT2D eigenvalue weighted by atomic mass is 9.89. The van der Waals surface area contributed by atoms with Crippen LogP contribution in [0.25, 0.3) is 4.85 Å². The van der Waals surface area contributed by atoms with Crippen LogP contribution in [0.4, 0.5) is 13.2 Å². The summed E-state index contributed by atoms with van der Waals surface area (Å²) in [6, 6.07) is 4.84. The van der Waals surface area contributed by atoms with Crippen LogP contribution in [0.2, 0.25) is 5.15 Å². The summed E-state index contributed by atoms with van der Waals surface area (Å²) >= 11 is 5.61. The molecule has 0 aliphatic carbocycles. The lowest BCUT2D eigenvalue weighted by Crippen LogP contribution is -2.25. The van der Waals surface area contributed by atoms with Gasteiger partial charge in [0.2, 0.25) is 0 Å². The number of nitrogens with zero attached hydrogens (tertiary/aromatic N) is 3. The highest BCUT2D eigenvalue weighted by Gasteiger charge is 2.37. The maximum absolute atomic E-state index is 12.8. The van der Waals surface area contributed by atoms with Gasteiger partial charge in [-0.2, -0.15) is 14.0 Å². The maximum atomic E-state index is 12.8. The summed E-state index contributed by atoms with van der Waals surface area (Å²) in [5.74, 6) is -1.59. The van der Waals surface area contributed by atoms with Crippen molar-refractivity contribution in [2.75, 3.05) is 0 Å². The lowest BCUT2D eigenvalue weighted by molar-refractivity contribution is 0.363. The second-order valence-corrected chi connectivity index (χ2v) is 4.47. The van der Waals surface area contributed by atoms with Crippen LogP contribution < -0.4 is 0 Å². The highest BCUT2D eigenvalue weighted by atomic mass is 35.5. The van der Waals surface area contributed by atoms with Gasteiger partial charge in [-0.25, -0.2) is 15.9 Å². The average Bonchev–Trinajstić information content (AvgIpc) is 2.45. The van der Waals surface area contributed by atoms with E-state index in [9.17, 15) is 13.2 Å². The van der Waals surface area contributed by atoms with Crippen LogP contribution in [0.3, 0.4) is 0 Å². The normalized spacial score (nSPS) is 12.9. The predicted octanol–water partition coefficient (Wildman–Crippen LogP) is 4.32. The molecule has 104 valence electrons. The Morgan fingerprint density at radius 1 is 1.45 bits per heavy atom. The number of rotatable bonds is 5. The summed E-state index contributed by atoms with van der Waals surface area (Å²) in [5, 5.41) is 9.36. The van der Waals surface area contributed by atoms with E-state index in [0.717, 1.165) is 0 Å². The van der Waals surface area contributed by atoms with Gasteiger partial charge in [-0.3, -0.25) is 4.85 Å². The molecule has 1 aromatic heterocycles. The molecule has 0 saturated carbocycles. The number of halogens is 4. The van der Waals surface area contributed by atoms with Crippen molar-refractivity contribution >= 4 is 11.6 Å². The van der Waals surface area contributed by atoms with Crippen LogP contribution in [-0.4, -0.2) is 10.5 Å². The first-order valence-electron chi connectivity index (χ1n) is 5.52. The molecule has 0 saturated heterocycles. The summed E-state index contributed by atoms with van der Waals surface area (Å²) in [6.07, 6.45) is -2.03. The first-order chi connectivity index (χ1) is 9.42. The van der Waals surface area contributed by atoms with E-state index in [1.165, 1.54) is 12.3 Å². The number of nitriles is 1. The summed E-state index contributed by atoms with van der Waals surface area (Å²) in [4.78, 5) is 6.99. The van der Waals surface area contributed by atoms with Crippen molar-refractivity contribution in [1.29, 1.82) is 5.26 Å². The molecule has 7 heteroatoms. The topological polar surface area (TPSA) is 41.0 Å². The molecular weight excluding hydrogens is 291 g/mol. The largest absolute Gasteiger partial charge is 0.320 e. The smallest absolute Gasteiger partial charge is 0.294 e. The van der Waals surface area contributed by atoms with Gasteiger partial charge in [0.15, 0.2) is 11.9 Å². The van der Waals surface area contributed by atoms with E-state index < -0.39 is 23.9 Å². The van der Waals surface area contributed by atoms with E-state index >= 15 is 0 Å². The molecule has 0 fully saturated rings. The molecular formula is C13H9ClF3N3. The first kappa shape index (κ1) is 16.0. The monoisotopic (exact) mass is 299 g/mol. The van der Waals surface area contributed by atoms with Crippen LogP contribution in [0.1, 0.15) is 18.4 Å². The third-order valence-electron chi connectivity index (χ3n) is 2.67. The molecule has 0 bridgehead atoms. The van der Waals surface area contributed by atoms with Crippen molar-refractivity contribution in [2.45, 2.75) is 24.8 Å². The second-order valence-electron chi connectivity index (χ2n) is 4.09. The average molecular weight is 300 g/mol. The van der Waals surface area contributed by atoms with Gasteiger partial charge in [0.25, 0.3) is 0 Å². The summed E-state index contributed by atoms with van der Waals surface area (Å²) in [5.41, 5.74) is -1.04. The van der Waals surface area contributed by atoms with Crippen molar-refractivity contribution in [1.82, 2.24) is 4.98 Å². The van der Waals surface area contributed by atoms with Crippen molar-refractivity contribution < 1.29 is 13.2 Å². The highest BCUT2D eigenvalue weighted by Crippen LogP contribution is 2.27. The Morgan fingerprint density at radius 3 is 2.60 bits per heavy atom. The van der Waals surface area contributed by atoms with Crippen LogP contribution in [0, 0.1) is 17.9 Å². The van der Waals surface area contributed by atoms with E-state index in [-0.39, 0.29) is 18.0 Å². The van der Waals surface area contributed by atoms with Gasteiger partial charge in [0, 0.05) is 19.0 Å². The van der Waals surface area contributed by atoms with E-state index in [1.807, 2.05) is 0 Å². The van der Waals surface area contributed by atoms with Crippen LogP contribution in [0.15, 0.2) is 30.2 Å². The summed E-state index contributed by atoms with van der Waals surface area (Å²) in [6.45, 7) is 7.08. The SMILES string of the molecule is [C-]#[N+]C(C#N)(CCC(F)=C(F)F)Cc1ccc(Cl)nc1. The van der Waals surface area contributed by atoms with Crippen LogP contribution >= 0.6 is 11.6 Å². The molecule has 1 atom stereocenters. The molecule has 0 aliphatic heterocycles. The Labute approximate surface area is 119 Å². The second kappa shape index (κ2) is 6.93. The maximum Gasteiger partial charge on any atom is 0.320 e. The summed E-state index contributed by atoms with van der Waals surface area (Å²) in [7, 11) is 0. The third kappa shape index (κ3) is 4.25. The Balaban J connectivity index is 2.88. The Morgan fingerprint density at radius 2 is 2.15 bits per heavy atom. The van der Waals surface area contributed by atoms with Gasteiger partial charge in [-0.1, -0.05) is 17.7 Å². The molecule has 0 N–H and O–H groups in total. The molecule has 0 radical (unpaired) electrons. The minimum Gasteiger partial charge on any atom is -0.294 e. The molecule has 1 unspecified atom stereocenters. The summed E-state index contributed by atoms with van der Waals surface area (Å²) < 4.78 is 36.8. The van der Waals surface area contributed by atoms with Crippen molar-refractivity contribution in [2.24, 2.45) is 0 Å². The van der Waals surface area contributed by atoms with Gasteiger partial charge >= 0.3 is 11.6 Å². The number of hydrogen-bond donors (Lipinski definition) is 0. The molecule has 20 heavy (non-hydrogen) atoms. The highest BCUT2D eigenvalue weighted by molar-refractivity contribution is 6.29. The Kier molecular flexibility index (Phi) is 5.54. The number of allylic oxidation sites excluding steroid dienone is 1. The fourth-order valence-electron chi connectivity index (χ4n) is 1.56. The van der Waals surface area contributed by atoms with E-state index in [0.29, 0.717) is 5.56 Å². The molecule has 1 aromatic rings. The van der Waals surface area contributed by atoms with E-state index in [4.69, 9.17) is 23.4 Å². The zero-order valence-corrected chi connectivity index (χ0v) is 11.0. The molecule has 0 amide bonds. The number of pyridine rings is 1. The predicted molar refractivity (Wildman–Crippen MR) is 67.5 cm³/mol. The minimum absolute atomic E-state index is 0.0294. The zero-order chi connectivity index (χ0) is 15.2. The molecule has 0 aliphatic rings. The van der Waals surface area contributed by atoms with Gasteiger partial charge in [0.1, 0.15) is 5.15 Å². The first-order valence-corrected chi connectivity index (χ1v) is 5.90. The van der Waals surface area contributed by atoms with Gasteiger partial charge in [0.05, 0.1) is 6.42 Å². The van der Waals surface area contributed by atoms with Gasteiger partial charge < -0.3 is 0 Å². The fourth-order valence-corrected chi connectivity index (χ4v) is 1.68. The minimum atomic E-state index is -2.42. The van der Waals surface area contributed by atoms with Crippen molar-refractivity contribution in [3.8, 4) is 6.07 Å². The standard InChI is InChI=1S/C13H9ClF3N3/c1-19-13(8-18,5-4-10(15)12(16)17)6-9-2-3-11(14)20-7-9/h2-3,7H,4-6H2. The fraction of sp³-hybridized carbons (Fsp3) is 0.308. The molecule has 0 aromatic carbocycles. The third-order valence-corrected chi connectivity index (χ3v) is 2.89. The number of hydrogen-bond acceptors (Lipinski definition) is 2. The van der Waals surface area contributed by atoms with E-state index in [2.05, 4.69) is 9.83 Å². The molecule has 3 nitrogen and oxygen atoms in total. The molecule has 0 spiro atoms. The molecule has 1 rings (SSSR count). The van der Waals surface area contributed by atoms with Crippen LogP contribution in [-0.2, 0) is 6.42 Å². The Bertz CT molecular complexity index is 566. The lowest BCUT2D eigenvalue weighted by Gasteiger charge is -2.13. The van der Waals surface area contributed by atoms with Crippen molar-refractivity contribution in [3.63, 3.8) is 0 Å². The van der Waals surface area contributed by atoms with Crippen molar-refractivity contribution in [3.05, 3.63) is 52.4 Å². The molecule has 1 heterocycles. The quantitative estimate of drug-likeness (QED) is 0.600. The number of aromatic nitrogens is 1. The van der Waals surface area contributed by atoms with E-state index in [1.54, 1.807) is 12.1 Å². The van der Waals surface area contributed by atoms with Gasteiger partial charge in [-0.15, -0.1) is 0 Å². The zero-order valence-electron chi connectivity index (χ0n) is 10.2. The van der Waals surface area contributed by atoms with Crippen LogP contribution in [0.5, 0.6) is 0 Å².